The second-order valence-corrected chi connectivity index (χ2v) is 9.18. The number of rotatable bonds is 13. The van der Waals surface area contributed by atoms with E-state index in [4.69, 9.17) is 11.6 Å². The van der Waals surface area contributed by atoms with E-state index in [9.17, 15) is 9.32 Å². The molecule has 138 valence electrons. The van der Waals surface area contributed by atoms with E-state index in [0.717, 1.165) is 19.3 Å². The Kier molecular flexibility index (Phi) is 10.9. The van der Waals surface area contributed by atoms with Crippen molar-refractivity contribution >= 4 is 22.4 Å². The summed E-state index contributed by atoms with van der Waals surface area (Å²) in [7, 11) is -1.41. The molecule has 1 aromatic rings. The van der Waals surface area contributed by atoms with Crippen LogP contribution >= 0.6 is 11.6 Å². The molecule has 0 saturated heterocycles. The molecule has 0 radical (unpaired) electrons. The number of aliphatic hydroxyl groups is 1. The molecule has 0 aliphatic rings. The van der Waals surface area contributed by atoms with Crippen molar-refractivity contribution in [1.82, 2.24) is 0 Å². The van der Waals surface area contributed by atoms with Crippen molar-refractivity contribution in [2.75, 3.05) is 0 Å². The third-order valence-corrected chi connectivity index (χ3v) is 7.09. The summed E-state index contributed by atoms with van der Waals surface area (Å²) in [4.78, 5) is 0.694. The van der Waals surface area contributed by atoms with Gasteiger partial charge in [0.1, 0.15) is 4.21 Å². The summed E-state index contributed by atoms with van der Waals surface area (Å²) in [6.45, 7) is 4.23. The van der Waals surface area contributed by atoms with Crippen LogP contribution in [0.2, 0.25) is 0 Å². The average molecular weight is 373 g/mol. The maximum Gasteiger partial charge on any atom is 0.149 e. The van der Waals surface area contributed by atoms with E-state index < -0.39 is 21.1 Å². The first kappa shape index (κ1) is 21.7. The second-order valence-electron chi connectivity index (χ2n) is 6.54. The van der Waals surface area contributed by atoms with Crippen LogP contribution in [-0.4, -0.2) is 19.6 Å². The fraction of sp³-hybridized carbons (Fsp3) is 0.700. The van der Waals surface area contributed by atoms with Crippen molar-refractivity contribution in [3.8, 4) is 0 Å². The first-order chi connectivity index (χ1) is 11.6. The van der Waals surface area contributed by atoms with Crippen molar-refractivity contribution in [1.29, 1.82) is 0 Å². The van der Waals surface area contributed by atoms with Gasteiger partial charge in [-0.2, -0.15) is 0 Å². The molecule has 0 fully saturated rings. The Hall–Kier alpha value is -0.380. The molecule has 2 nitrogen and oxygen atoms in total. The predicted molar refractivity (Wildman–Crippen MR) is 105 cm³/mol. The summed E-state index contributed by atoms with van der Waals surface area (Å²) < 4.78 is 11.8. The molecule has 1 N–H and O–H groups in total. The van der Waals surface area contributed by atoms with Crippen molar-refractivity contribution in [2.24, 2.45) is 0 Å². The third-order valence-electron chi connectivity index (χ3n) is 4.44. The second kappa shape index (κ2) is 12.1. The minimum absolute atomic E-state index is 0.549. The van der Waals surface area contributed by atoms with Gasteiger partial charge in [-0.3, -0.25) is 4.21 Å². The van der Waals surface area contributed by atoms with E-state index in [1.807, 2.05) is 37.3 Å². The normalized spacial score (nSPS) is 16.5. The quantitative estimate of drug-likeness (QED) is 0.339. The summed E-state index contributed by atoms with van der Waals surface area (Å²) in [5.41, 5.74) is 0. The van der Waals surface area contributed by atoms with Gasteiger partial charge in [0, 0.05) is 4.90 Å². The van der Waals surface area contributed by atoms with Gasteiger partial charge >= 0.3 is 0 Å². The van der Waals surface area contributed by atoms with Crippen molar-refractivity contribution in [3.63, 3.8) is 0 Å². The van der Waals surface area contributed by atoms with E-state index in [0.29, 0.717) is 17.7 Å². The molecule has 4 heteroatoms. The molecule has 0 aromatic heterocycles. The lowest BCUT2D eigenvalue weighted by Gasteiger charge is -2.31. The minimum atomic E-state index is -1.41. The van der Waals surface area contributed by atoms with Crippen molar-refractivity contribution < 1.29 is 9.32 Å². The van der Waals surface area contributed by atoms with Crippen LogP contribution in [0, 0.1) is 0 Å². The Balaban J connectivity index is 2.54. The van der Waals surface area contributed by atoms with E-state index >= 15 is 0 Å². The number of halogens is 1. The monoisotopic (exact) mass is 372 g/mol. The summed E-state index contributed by atoms with van der Waals surface area (Å²) in [5, 5.41) is 10.6. The first-order valence-electron chi connectivity index (χ1n) is 9.40. The third kappa shape index (κ3) is 6.85. The van der Waals surface area contributed by atoms with Gasteiger partial charge in [-0.05, 0) is 25.0 Å². The first-order valence-corrected chi connectivity index (χ1v) is 10.9. The van der Waals surface area contributed by atoms with Gasteiger partial charge in [-0.15, -0.1) is 11.6 Å². The molecule has 3 atom stereocenters. The van der Waals surface area contributed by atoms with Gasteiger partial charge in [-0.25, -0.2) is 0 Å². The summed E-state index contributed by atoms with van der Waals surface area (Å²) >= 11 is 6.71. The molecule has 0 bridgehead atoms. The number of benzene rings is 1. The molecule has 24 heavy (non-hydrogen) atoms. The minimum Gasteiger partial charge on any atom is -0.390 e. The van der Waals surface area contributed by atoms with E-state index in [1.54, 1.807) is 0 Å². The molecule has 0 aliphatic carbocycles. The molecule has 0 heterocycles. The summed E-state index contributed by atoms with van der Waals surface area (Å²) in [6, 6.07) is 9.26. The number of alkyl halides is 1. The van der Waals surface area contributed by atoms with Crippen LogP contribution < -0.4 is 0 Å². The van der Waals surface area contributed by atoms with Gasteiger partial charge < -0.3 is 5.11 Å². The Morgan fingerprint density at radius 3 is 2.17 bits per heavy atom. The Bertz CT molecular complexity index is 466. The van der Waals surface area contributed by atoms with Gasteiger partial charge in [0.2, 0.25) is 0 Å². The number of unbranched alkanes of at least 4 members (excludes halogenated alkanes) is 6. The maximum atomic E-state index is 12.9. The average Bonchev–Trinajstić information content (AvgIpc) is 2.61. The molecule has 0 aliphatic heterocycles. The largest absolute Gasteiger partial charge is 0.390 e. The zero-order valence-corrected chi connectivity index (χ0v) is 16.7. The van der Waals surface area contributed by atoms with Crippen molar-refractivity contribution in [3.05, 3.63) is 30.3 Å². The lowest BCUT2D eigenvalue weighted by molar-refractivity contribution is 0.139. The molecule has 0 amide bonds. The molecule has 0 saturated carbocycles. The van der Waals surface area contributed by atoms with Crippen LogP contribution in [0.5, 0.6) is 0 Å². The fourth-order valence-corrected chi connectivity index (χ4v) is 5.09. The lowest BCUT2D eigenvalue weighted by atomic mass is 10.0. The zero-order valence-electron chi connectivity index (χ0n) is 15.2. The Morgan fingerprint density at radius 2 is 1.58 bits per heavy atom. The highest BCUT2D eigenvalue weighted by Crippen LogP contribution is 2.36. The van der Waals surface area contributed by atoms with Gasteiger partial charge in [0.25, 0.3) is 0 Å². The number of aliphatic hydroxyl groups excluding tert-OH is 1. The fourth-order valence-electron chi connectivity index (χ4n) is 2.97. The molecule has 1 aromatic carbocycles. The zero-order chi connectivity index (χ0) is 17.8. The topological polar surface area (TPSA) is 37.3 Å². The highest BCUT2D eigenvalue weighted by Gasteiger charge is 2.41. The van der Waals surface area contributed by atoms with Crippen molar-refractivity contribution in [2.45, 2.75) is 93.3 Å². The van der Waals surface area contributed by atoms with Crippen LogP contribution in [0.25, 0.3) is 0 Å². The predicted octanol–water partition coefficient (Wildman–Crippen LogP) is 6.03. The van der Waals surface area contributed by atoms with E-state index in [1.165, 1.54) is 32.1 Å². The van der Waals surface area contributed by atoms with E-state index in [2.05, 4.69) is 6.92 Å². The smallest absolute Gasteiger partial charge is 0.149 e. The Labute approximate surface area is 155 Å². The number of hydrogen-bond donors (Lipinski definition) is 1. The lowest BCUT2D eigenvalue weighted by Crippen LogP contribution is -2.41. The van der Waals surface area contributed by atoms with Crippen LogP contribution in [0.1, 0.15) is 78.1 Å². The molecular weight excluding hydrogens is 340 g/mol. The van der Waals surface area contributed by atoms with E-state index in [-0.39, 0.29) is 0 Å². The summed E-state index contributed by atoms with van der Waals surface area (Å²) in [5.74, 6) is 0. The standard InChI is InChI=1S/C20H33ClO2S/c1-3-5-6-7-8-9-13-16-19(22)20(21,17-4-2)24(23)18-14-11-10-12-15-18/h10-12,14-15,19,22H,3-9,13,16-17H2,1-2H3/t19-,20-,24?/m0/s1. The summed E-state index contributed by atoms with van der Waals surface area (Å²) in [6.07, 6.45) is 9.62. The maximum absolute atomic E-state index is 12.9. The molecule has 1 rings (SSSR count). The van der Waals surface area contributed by atoms with Crippen LogP contribution in [0.3, 0.4) is 0 Å². The number of hydrogen-bond acceptors (Lipinski definition) is 2. The molecule has 1 unspecified atom stereocenters. The molecule has 0 spiro atoms. The van der Waals surface area contributed by atoms with Crippen LogP contribution in [0.15, 0.2) is 35.2 Å². The Morgan fingerprint density at radius 1 is 1.00 bits per heavy atom. The van der Waals surface area contributed by atoms with Gasteiger partial charge in [0.05, 0.1) is 16.9 Å². The highest BCUT2D eigenvalue weighted by atomic mass is 35.5. The SMILES string of the molecule is CCCCCCCCC[C@H](O)[C@](Cl)(CCC)S(=O)c1ccccc1. The van der Waals surface area contributed by atoms with Crippen LogP contribution in [0.4, 0.5) is 0 Å². The highest BCUT2D eigenvalue weighted by molar-refractivity contribution is 7.88. The van der Waals surface area contributed by atoms with Gasteiger partial charge in [-0.1, -0.05) is 83.4 Å². The van der Waals surface area contributed by atoms with Gasteiger partial charge in [0.15, 0.2) is 0 Å². The van der Waals surface area contributed by atoms with Crippen LogP contribution in [-0.2, 0) is 10.8 Å². The molecular formula is C20H33ClO2S.